The molecule has 2 unspecified atom stereocenters. The maximum absolute atomic E-state index is 4.73. The second-order valence-electron chi connectivity index (χ2n) is 4.93. The van der Waals surface area contributed by atoms with E-state index in [0.717, 1.165) is 12.2 Å². The Hall–Kier alpha value is -1.19. The van der Waals surface area contributed by atoms with Gasteiger partial charge in [-0.3, -0.25) is 0 Å². The molecule has 2 nitrogen and oxygen atoms in total. The van der Waals surface area contributed by atoms with E-state index in [1.54, 1.807) is 0 Å². The van der Waals surface area contributed by atoms with Crippen molar-refractivity contribution in [2.24, 2.45) is 0 Å². The summed E-state index contributed by atoms with van der Waals surface area (Å²) in [4.78, 5) is 6.05. The Kier molecular flexibility index (Phi) is 4.72. The molecule has 2 aromatic rings. The molecule has 1 aromatic heterocycles. The monoisotopic (exact) mass is 274 g/mol. The number of likely N-dealkylation sites (N-methyl/N-ethyl adjacent to an activating group) is 1. The second-order valence-corrected chi connectivity index (χ2v) is 6.16. The lowest BCUT2D eigenvalue weighted by Gasteiger charge is -2.23. The van der Waals surface area contributed by atoms with Crippen molar-refractivity contribution in [3.63, 3.8) is 0 Å². The fourth-order valence-corrected chi connectivity index (χ4v) is 3.38. The molecule has 1 heterocycles. The molecule has 0 bridgehead atoms. The first-order chi connectivity index (χ1) is 9.13. The number of hydrogen-bond acceptors (Lipinski definition) is 3. The van der Waals surface area contributed by atoms with Gasteiger partial charge in [0.25, 0.3) is 0 Å². The van der Waals surface area contributed by atoms with Crippen molar-refractivity contribution < 1.29 is 0 Å². The van der Waals surface area contributed by atoms with Gasteiger partial charge in [-0.05, 0) is 26.0 Å². The van der Waals surface area contributed by atoms with E-state index in [1.165, 1.54) is 15.4 Å². The van der Waals surface area contributed by atoms with Crippen molar-refractivity contribution >= 4 is 11.3 Å². The minimum absolute atomic E-state index is 0.296. The highest BCUT2D eigenvalue weighted by Gasteiger charge is 2.23. The Balaban J connectivity index is 2.29. The molecule has 1 aromatic carbocycles. The molecule has 2 atom stereocenters. The summed E-state index contributed by atoms with van der Waals surface area (Å²) in [7, 11) is 0. The van der Waals surface area contributed by atoms with Gasteiger partial charge >= 0.3 is 0 Å². The number of thiazole rings is 1. The predicted octanol–water partition coefficient (Wildman–Crippen LogP) is 4.21. The molecule has 0 aliphatic carbocycles. The van der Waals surface area contributed by atoms with Gasteiger partial charge in [-0.1, -0.05) is 44.2 Å². The van der Waals surface area contributed by atoms with E-state index in [-0.39, 0.29) is 0 Å². The SMILES string of the molecule is CCNC(c1nc(C)c(C)s1)C(C)c1ccccc1. The van der Waals surface area contributed by atoms with Crippen LogP contribution in [0, 0.1) is 13.8 Å². The Bertz CT molecular complexity index is 499. The first-order valence-corrected chi connectivity index (χ1v) is 7.67. The molecule has 0 aliphatic rings. The number of benzene rings is 1. The average Bonchev–Trinajstić information content (AvgIpc) is 2.76. The van der Waals surface area contributed by atoms with Crippen LogP contribution in [0.2, 0.25) is 0 Å². The van der Waals surface area contributed by atoms with Gasteiger partial charge in [0.2, 0.25) is 0 Å². The van der Waals surface area contributed by atoms with Gasteiger partial charge in [-0.15, -0.1) is 11.3 Å². The summed E-state index contributed by atoms with van der Waals surface area (Å²) >= 11 is 1.81. The Morgan fingerprint density at radius 1 is 1.21 bits per heavy atom. The predicted molar refractivity (Wildman–Crippen MR) is 82.9 cm³/mol. The number of aryl methyl sites for hydroxylation is 2. The maximum atomic E-state index is 4.73. The molecule has 0 spiro atoms. The summed E-state index contributed by atoms with van der Waals surface area (Å²) in [5.41, 5.74) is 2.52. The largest absolute Gasteiger partial charge is 0.308 e. The molecule has 0 saturated heterocycles. The fraction of sp³-hybridized carbons (Fsp3) is 0.438. The Morgan fingerprint density at radius 2 is 1.89 bits per heavy atom. The third-order valence-corrected chi connectivity index (χ3v) is 4.72. The zero-order valence-electron chi connectivity index (χ0n) is 12.1. The van der Waals surface area contributed by atoms with E-state index >= 15 is 0 Å². The summed E-state index contributed by atoms with van der Waals surface area (Å²) in [6, 6.07) is 11.0. The van der Waals surface area contributed by atoms with Crippen molar-refractivity contribution in [1.29, 1.82) is 0 Å². The first kappa shape index (κ1) is 14.2. The van der Waals surface area contributed by atoms with Crippen molar-refractivity contribution in [2.45, 2.75) is 39.7 Å². The third-order valence-electron chi connectivity index (χ3n) is 3.56. The lowest BCUT2D eigenvalue weighted by Crippen LogP contribution is -2.25. The summed E-state index contributed by atoms with van der Waals surface area (Å²) in [6.07, 6.45) is 0. The summed E-state index contributed by atoms with van der Waals surface area (Å²) in [5, 5.41) is 4.79. The lowest BCUT2D eigenvalue weighted by molar-refractivity contribution is 0.477. The second kappa shape index (κ2) is 6.31. The van der Waals surface area contributed by atoms with Crippen LogP contribution in [-0.4, -0.2) is 11.5 Å². The van der Waals surface area contributed by atoms with Gasteiger partial charge in [0, 0.05) is 10.8 Å². The van der Waals surface area contributed by atoms with E-state index in [4.69, 9.17) is 4.98 Å². The highest BCUT2D eigenvalue weighted by molar-refractivity contribution is 7.11. The minimum atomic E-state index is 0.296. The van der Waals surface area contributed by atoms with Gasteiger partial charge in [0.05, 0.1) is 11.7 Å². The van der Waals surface area contributed by atoms with Gasteiger partial charge in [0.15, 0.2) is 0 Å². The fourth-order valence-electron chi connectivity index (χ4n) is 2.28. The molecule has 19 heavy (non-hydrogen) atoms. The summed E-state index contributed by atoms with van der Waals surface area (Å²) in [6.45, 7) is 9.62. The van der Waals surface area contributed by atoms with E-state index in [1.807, 2.05) is 11.3 Å². The quantitative estimate of drug-likeness (QED) is 0.883. The Morgan fingerprint density at radius 3 is 2.42 bits per heavy atom. The van der Waals surface area contributed by atoms with E-state index in [9.17, 15) is 0 Å². The van der Waals surface area contributed by atoms with Crippen molar-refractivity contribution in [1.82, 2.24) is 10.3 Å². The van der Waals surface area contributed by atoms with E-state index in [2.05, 4.69) is 63.3 Å². The highest BCUT2D eigenvalue weighted by Crippen LogP contribution is 2.33. The molecule has 0 saturated carbocycles. The molecule has 0 fully saturated rings. The number of rotatable bonds is 5. The minimum Gasteiger partial charge on any atom is -0.308 e. The smallest absolute Gasteiger partial charge is 0.111 e. The van der Waals surface area contributed by atoms with Crippen molar-refractivity contribution in [3.05, 3.63) is 51.5 Å². The van der Waals surface area contributed by atoms with Crippen LogP contribution in [0.25, 0.3) is 0 Å². The van der Waals surface area contributed by atoms with Crippen LogP contribution in [0.15, 0.2) is 30.3 Å². The van der Waals surface area contributed by atoms with Crippen LogP contribution in [0.3, 0.4) is 0 Å². The van der Waals surface area contributed by atoms with Crippen LogP contribution < -0.4 is 5.32 Å². The van der Waals surface area contributed by atoms with E-state index < -0.39 is 0 Å². The molecule has 0 radical (unpaired) electrons. The highest BCUT2D eigenvalue weighted by atomic mass is 32.1. The number of nitrogens with zero attached hydrogens (tertiary/aromatic N) is 1. The number of nitrogens with one attached hydrogen (secondary N) is 1. The van der Waals surface area contributed by atoms with Gasteiger partial charge < -0.3 is 5.32 Å². The van der Waals surface area contributed by atoms with Crippen LogP contribution in [-0.2, 0) is 0 Å². The zero-order chi connectivity index (χ0) is 13.8. The van der Waals surface area contributed by atoms with Crippen molar-refractivity contribution in [3.8, 4) is 0 Å². The van der Waals surface area contributed by atoms with Gasteiger partial charge in [0.1, 0.15) is 5.01 Å². The zero-order valence-corrected chi connectivity index (χ0v) is 12.9. The van der Waals surface area contributed by atoms with Crippen LogP contribution in [0.5, 0.6) is 0 Å². The molecule has 0 aliphatic heterocycles. The molecule has 0 amide bonds. The summed E-state index contributed by atoms with van der Waals surface area (Å²) < 4.78 is 0. The molecule has 3 heteroatoms. The first-order valence-electron chi connectivity index (χ1n) is 6.85. The van der Waals surface area contributed by atoms with Gasteiger partial charge in [-0.25, -0.2) is 4.98 Å². The molecule has 102 valence electrons. The standard InChI is InChI=1S/C16H22N2S/c1-5-17-15(16-18-12(3)13(4)19-16)11(2)14-9-7-6-8-10-14/h6-11,15,17H,5H2,1-4H3. The average molecular weight is 274 g/mol. The van der Waals surface area contributed by atoms with Crippen LogP contribution >= 0.6 is 11.3 Å². The molecule has 2 rings (SSSR count). The van der Waals surface area contributed by atoms with E-state index in [0.29, 0.717) is 12.0 Å². The topological polar surface area (TPSA) is 24.9 Å². The van der Waals surface area contributed by atoms with Crippen molar-refractivity contribution in [2.75, 3.05) is 6.54 Å². The molecular formula is C16H22N2S. The lowest BCUT2D eigenvalue weighted by atomic mass is 9.93. The number of aromatic nitrogens is 1. The molecular weight excluding hydrogens is 252 g/mol. The summed E-state index contributed by atoms with van der Waals surface area (Å²) in [5.74, 6) is 0.422. The normalized spacial score (nSPS) is 14.3. The van der Waals surface area contributed by atoms with Crippen LogP contribution in [0.4, 0.5) is 0 Å². The molecule has 1 N–H and O–H groups in total. The Labute approximate surface area is 119 Å². The third kappa shape index (κ3) is 3.23. The van der Waals surface area contributed by atoms with Crippen LogP contribution in [0.1, 0.15) is 46.9 Å². The van der Waals surface area contributed by atoms with Gasteiger partial charge in [-0.2, -0.15) is 0 Å². The number of hydrogen-bond donors (Lipinski definition) is 1. The maximum Gasteiger partial charge on any atom is 0.111 e.